The zero-order chi connectivity index (χ0) is 70.6. The fraction of sp³-hybridized carbons (Fsp3) is 0.926. The van der Waals surface area contributed by atoms with Gasteiger partial charge in [-0.15, -0.1) is 0 Å². The molecule has 22 rings (SSSR count). The molecule has 0 saturated carbocycles. The van der Waals surface area contributed by atoms with Crippen molar-refractivity contribution < 1.29 is 193 Å². The minimum atomic E-state index is -2.28. The monoisotopic (exact) mass is 1420 g/mol. The predicted octanol–water partition coefficient (Wildman–Crippen LogP) is -16.9. The van der Waals surface area contributed by atoms with Crippen LogP contribution < -0.4 is 21.3 Å². The zero-order valence-corrected chi connectivity index (χ0v) is 51.3. The maximum Gasteiger partial charge on any atom is 0.303 e. The number of rotatable bonds is 17. The third-order valence-electron chi connectivity index (χ3n) is 18.1. The molecule has 37 atom stereocenters. The van der Waals surface area contributed by atoms with E-state index in [1.54, 1.807) is 0 Å². The second-order valence-electron chi connectivity index (χ2n) is 24.6. The van der Waals surface area contributed by atoms with E-state index < -0.39 is 303 Å². The molecule has 0 unspecified atom stereocenters. The van der Waals surface area contributed by atoms with Crippen molar-refractivity contribution in [2.75, 3.05) is 59.3 Å². The van der Waals surface area contributed by atoms with E-state index in [9.17, 15) is 121 Å². The van der Waals surface area contributed by atoms with Crippen LogP contribution in [0.3, 0.4) is 0 Å². The van der Waals surface area contributed by atoms with Crippen LogP contribution in [-0.2, 0) is 85.5 Å². The van der Waals surface area contributed by atoms with E-state index in [4.69, 9.17) is 71.4 Å². The highest BCUT2D eigenvalue weighted by atomic mass is 16.8. The maximum atomic E-state index is 12.9. The molecule has 22 aliphatic heterocycles. The number of carbonyl (C=O) groups excluding carboxylic acids is 3. The Bertz CT molecular complexity index is 2530. The van der Waals surface area contributed by atoms with Crippen molar-refractivity contribution in [2.24, 2.45) is 0 Å². The summed E-state index contributed by atoms with van der Waals surface area (Å²) in [5, 5.41) is 244. The highest BCUT2D eigenvalue weighted by Crippen LogP contribution is 2.39. The van der Waals surface area contributed by atoms with E-state index in [0.717, 1.165) is 0 Å². The van der Waals surface area contributed by atoms with Crippen LogP contribution >= 0.6 is 0 Å². The average Bonchev–Trinajstić information content (AvgIpc) is 0.785. The Balaban J connectivity index is 0.953. The van der Waals surface area contributed by atoms with Gasteiger partial charge in [0, 0.05) is 32.5 Å². The molecule has 22 aliphatic rings. The summed E-state index contributed by atoms with van der Waals surface area (Å²) in [6.45, 7) is -7.29. The standard InChI is InChI=1S/C54H88N4O39/c59-8-17-40-27(70)34(77)50(86-17)94-42-19(10-61)88-52(36(79)29(42)72)96-44-21(12-63)90-54(38(81)31(44)74)97-45-22(13-64)89-53(37(80)30(45)73)95-43-20(11-62)87-51(35(78)28(43)71)93-41-18(9-60)85-49(33(76)26(41)69)91-39-16(84-48(92-40)32(75)25(39)68)7-55-5-6-56-23(65)3-1-14-46(82)58-15(47(83)57-14)2-4-24(66)67/h14-22,25-45,48-55,59-64,68-81H,1-13H2,(H,56,65)(H,57,83)(H,58,82)(H,66,67)/t14-,15-,16-,17+,18-,19+,20-,21+,22-,25+,26+,27+,28+,29-,30+,31+,32+,33+,34-,35+,36-,37+,38+,39+,40+,41+,42+,43+,44+,45+,48+,49+,50+,51+,52+,53+,54+/m0/s1. The number of aliphatic hydroxyl groups excluding tert-OH is 20. The van der Waals surface area contributed by atoms with E-state index in [2.05, 4.69) is 21.3 Å². The quantitative estimate of drug-likeness (QED) is 0.0601. The van der Waals surface area contributed by atoms with Gasteiger partial charge in [-0.2, -0.15) is 0 Å². The maximum absolute atomic E-state index is 12.9. The highest BCUT2D eigenvalue weighted by Gasteiger charge is 2.60. The molecular weight excluding hydrogens is 1330 g/mol. The largest absolute Gasteiger partial charge is 0.481 e. The first-order valence-electron chi connectivity index (χ1n) is 31.3. The smallest absolute Gasteiger partial charge is 0.303 e. The number of hydrogen-bond acceptors (Lipinski definition) is 39. The summed E-state index contributed by atoms with van der Waals surface area (Å²) in [6.07, 6.45) is -72.8. The molecule has 14 bridgehead atoms. The van der Waals surface area contributed by atoms with Crippen molar-refractivity contribution in [1.29, 1.82) is 0 Å². The van der Waals surface area contributed by atoms with Gasteiger partial charge in [0.1, 0.15) is 183 Å². The van der Waals surface area contributed by atoms with Crippen LogP contribution in [0.1, 0.15) is 25.7 Å². The number of piperazine rings is 1. The van der Waals surface area contributed by atoms with Crippen molar-refractivity contribution in [2.45, 2.75) is 253 Å². The Morgan fingerprint density at radius 3 is 0.784 bits per heavy atom. The lowest BCUT2D eigenvalue weighted by Crippen LogP contribution is -2.68. The summed E-state index contributed by atoms with van der Waals surface area (Å²) in [5.41, 5.74) is 0. The fourth-order valence-corrected chi connectivity index (χ4v) is 12.7. The van der Waals surface area contributed by atoms with Gasteiger partial charge < -0.3 is 195 Å². The van der Waals surface area contributed by atoms with Crippen LogP contribution in [0.25, 0.3) is 0 Å². The van der Waals surface area contributed by atoms with E-state index in [1.807, 2.05) is 0 Å². The first-order chi connectivity index (χ1) is 46.2. The predicted molar refractivity (Wildman–Crippen MR) is 297 cm³/mol. The number of nitrogens with one attached hydrogen (secondary N) is 4. The number of ether oxygens (including phenoxy) is 14. The Morgan fingerprint density at radius 1 is 0.320 bits per heavy atom. The lowest BCUT2D eigenvalue weighted by atomic mass is 9.95. The number of aliphatic hydroxyl groups is 20. The molecule has 0 aromatic carbocycles. The van der Waals surface area contributed by atoms with Gasteiger partial charge in [0.15, 0.2) is 44.0 Å². The first kappa shape index (κ1) is 77.6. The topological polar surface area (TPSA) is 670 Å². The summed E-state index contributed by atoms with van der Waals surface area (Å²) in [5.74, 6) is -3.07. The molecule has 3 amide bonds. The molecule has 0 spiro atoms. The molecule has 558 valence electrons. The lowest BCUT2D eigenvalue weighted by Gasteiger charge is -2.50. The summed E-state index contributed by atoms with van der Waals surface area (Å²) >= 11 is 0. The summed E-state index contributed by atoms with van der Waals surface area (Å²) in [4.78, 5) is 49.1. The van der Waals surface area contributed by atoms with Crippen LogP contribution in [0.2, 0.25) is 0 Å². The van der Waals surface area contributed by atoms with Gasteiger partial charge in [0.2, 0.25) is 17.7 Å². The number of carboxylic acids is 1. The first-order valence-corrected chi connectivity index (χ1v) is 31.3. The van der Waals surface area contributed by atoms with Crippen LogP contribution in [0.15, 0.2) is 0 Å². The number of amides is 3. The van der Waals surface area contributed by atoms with Crippen molar-refractivity contribution in [1.82, 2.24) is 21.3 Å². The summed E-state index contributed by atoms with van der Waals surface area (Å²) < 4.78 is 81.2. The van der Waals surface area contributed by atoms with Gasteiger partial charge in [-0.1, -0.05) is 0 Å². The Morgan fingerprint density at radius 2 is 0.546 bits per heavy atom. The summed E-state index contributed by atoms with van der Waals surface area (Å²) in [7, 11) is 0. The van der Waals surface area contributed by atoms with E-state index in [0.29, 0.717) is 0 Å². The van der Waals surface area contributed by atoms with E-state index in [1.165, 1.54) is 0 Å². The Kier molecular flexibility index (Phi) is 27.4. The van der Waals surface area contributed by atoms with Crippen molar-refractivity contribution >= 4 is 23.7 Å². The third kappa shape index (κ3) is 17.1. The molecule has 0 aromatic heterocycles. The number of aliphatic carboxylic acids is 1. The van der Waals surface area contributed by atoms with Gasteiger partial charge in [0.05, 0.1) is 39.6 Å². The van der Waals surface area contributed by atoms with Gasteiger partial charge in [-0.05, 0) is 12.8 Å². The number of hydrogen-bond donors (Lipinski definition) is 25. The number of carboxylic acid groups (broad SMARTS) is 1. The Labute approximate surface area is 548 Å². The van der Waals surface area contributed by atoms with Crippen LogP contribution in [0.4, 0.5) is 0 Å². The zero-order valence-electron chi connectivity index (χ0n) is 51.3. The second-order valence-corrected chi connectivity index (χ2v) is 24.6. The summed E-state index contributed by atoms with van der Waals surface area (Å²) in [6, 6.07) is -2.22. The minimum Gasteiger partial charge on any atom is -0.481 e. The molecule has 0 aliphatic carbocycles. The fourth-order valence-electron chi connectivity index (χ4n) is 12.7. The van der Waals surface area contributed by atoms with Gasteiger partial charge in [-0.3, -0.25) is 19.2 Å². The van der Waals surface area contributed by atoms with Crippen LogP contribution in [-0.4, -0.2) is 417 Å². The normalized spacial score (nSPS) is 48.6. The van der Waals surface area contributed by atoms with Gasteiger partial charge in [0.25, 0.3) is 0 Å². The minimum absolute atomic E-state index is 0.139. The molecule has 43 nitrogen and oxygen atoms in total. The van der Waals surface area contributed by atoms with Crippen LogP contribution in [0, 0.1) is 0 Å². The molecule has 97 heavy (non-hydrogen) atoms. The van der Waals surface area contributed by atoms with Gasteiger partial charge in [-0.25, -0.2) is 0 Å². The third-order valence-corrected chi connectivity index (χ3v) is 18.1. The molecule has 22 saturated heterocycles. The molecule has 0 radical (unpaired) electrons. The van der Waals surface area contributed by atoms with Crippen LogP contribution in [0.5, 0.6) is 0 Å². The van der Waals surface area contributed by atoms with Crippen molar-refractivity contribution in [3.05, 3.63) is 0 Å². The van der Waals surface area contributed by atoms with E-state index in [-0.39, 0.29) is 32.4 Å². The molecule has 22 heterocycles. The lowest BCUT2D eigenvalue weighted by molar-refractivity contribution is -0.396. The van der Waals surface area contributed by atoms with Crippen molar-refractivity contribution in [3.63, 3.8) is 0 Å². The van der Waals surface area contributed by atoms with Crippen molar-refractivity contribution in [3.8, 4) is 0 Å². The highest BCUT2D eigenvalue weighted by molar-refractivity contribution is 5.97. The molecular formula is C54H88N4O39. The van der Waals surface area contributed by atoms with E-state index >= 15 is 0 Å². The second kappa shape index (κ2) is 34.2. The molecule has 43 heteroatoms. The Hall–Kier alpha value is -3.52. The molecule has 0 aromatic rings. The SMILES string of the molecule is O=C(O)CC[C@@H]1NC(=O)[C@H](CCC(=O)NCCNC[C@@H]2O[C@@H]3O[C@H]4[C@H](O)[C@H](O)[C@@H](O[C@H]5[C@@H](O)[C@H](O)[C@@H](O[C@H]6[C@H](O)[C@@H](O)[C@@H](O[C@H]7[C@H](O)[C@@H](O)[C@@H](O[C@H]8[C@H](O)[C@@H](O)[C@@H](O[C@H]9[C@H](O)[C@@H](O)[C@@H](O[C@H]2[C@H](O)[C@H]3O)O[C@H]9CO)O[C@H]8CO)O[C@H]7CO)O[C@@H]6CO)O[C@@H]5CO)O[C@@H]4CO)NC1=O. The van der Waals surface area contributed by atoms with Gasteiger partial charge >= 0.3 is 5.97 Å². The average molecular weight is 1420 g/mol. The molecule has 25 N–H and O–H groups in total. The number of carbonyl (C=O) groups is 4. The molecule has 22 fully saturated rings.